The number of benzene rings is 1. The van der Waals surface area contributed by atoms with E-state index in [0.717, 1.165) is 5.56 Å². The molecule has 23 heavy (non-hydrogen) atoms. The summed E-state index contributed by atoms with van der Waals surface area (Å²) in [6.45, 7) is 4.93. The summed E-state index contributed by atoms with van der Waals surface area (Å²) >= 11 is 6.09. The van der Waals surface area contributed by atoms with Gasteiger partial charge in [0.15, 0.2) is 11.7 Å². The zero-order valence-electron chi connectivity index (χ0n) is 13.3. The predicted molar refractivity (Wildman–Crippen MR) is 84.7 cm³/mol. The Labute approximate surface area is 139 Å². The van der Waals surface area contributed by atoms with Gasteiger partial charge in [0, 0.05) is 7.05 Å². The van der Waals surface area contributed by atoms with Gasteiger partial charge in [0.1, 0.15) is 5.75 Å². The van der Waals surface area contributed by atoms with Gasteiger partial charge in [-0.2, -0.15) is 0 Å². The third kappa shape index (κ3) is 2.95. The molecule has 2 fully saturated rings. The number of halogens is 1. The molecule has 0 bridgehead atoms. The van der Waals surface area contributed by atoms with Crippen LogP contribution in [-0.2, 0) is 9.53 Å². The first-order valence-electron chi connectivity index (χ1n) is 7.45. The van der Waals surface area contributed by atoms with Crippen LogP contribution < -0.4 is 4.74 Å². The van der Waals surface area contributed by atoms with Crippen molar-refractivity contribution in [2.45, 2.75) is 25.6 Å². The van der Waals surface area contributed by atoms with Gasteiger partial charge in [0.25, 0.3) is 5.91 Å². The van der Waals surface area contributed by atoms with Crippen molar-refractivity contribution in [1.29, 1.82) is 0 Å². The van der Waals surface area contributed by atoms with E-state index in [9.17, 15) is 9.59 Å². The van der Waals surface area contributed by atoms with Crippen LogP contribution in [-0.4, -0.2) is 60.2 Å². The minimum atomic E-state index is -0.651. The number of likely N-dealkylation sites (tertiary alicyclic amines) is 1. The van der Waals surface area contributed by atoms with Gasteiger partial charge in [-0.25, -0.2) is 4.79 Å². The van der Waals surface area contributed by atoms with Gasteiger partial charge in [-0.15, -0.1) is 0 Å². The molecule has 0 N–H and O–H groups in total. The largest absolute Gasteiger partial charge is 0.479 e. The van der Waals surface area contributed by atoms with E-state index < -0.39 is 11.7 Å². The Morgan fingerprint density at radius 3 is 2.70 bits per heavy atom. The van der Waals surface area contributed by atoms with Crippen LogP contribution in [0, 0.1) is 6.92 Å². The second-order valence-corrected chi connectivity index (χ2v) is 6.70. The van der Waals surface area contributed by atoms with Gasteiger partial charge < -0.3 is 19.3 Å². The molecule has 1 aromatic rings. The van der Waals surface area contributed by atoms with Gasteiger partial charge in [0.05, 0.1) is 24.7 Å². The Bertz CT molecular complexity index is 657. The number of hydrogen-bond acceptors (Lipinski definition) is 4. The SMILES string of the molecule is Cc1ccc(Cl)c(OC(C)C(=O)N2CC3(CN(C)C(=O)O3)C2)c1. The molecule has 0 radical (unpaired) electrons. The highest BCUT2D eigenvalue weighted by molar-refractivity contribution is 6.32. The van der Waals surface area contributed by atoms with Gasteiger partial charge in [-0.3, -0.25) is 4.79 Å². The van der Waals surface area contributed by atoms with E-state index in [1.807, 2.05) is 13.0 Å². The Morgan fingerprint density at radius 1 is 1.39 bits per heavy atom. The van der Waals surface area contributed by atoms with Crippen LogP contribution in [0.3, 0.4) is 0 Å². The molecular weight excluding hydrogens is 320 g/mol. The van der Waals surface area contributed by atoms with Crippen molar-refractivity contribution < 1.29 is 19.1 Å². The first-order chi connectivity index (χ1) is 10.8. The van der Waals surface area contributed by atoms with E-state index >= 15 is 0 Å². The number of hydrogen-bond donors (Lipinski definition) is 0. The molecule has 0 aliphatic carbocycles. The van der Waals surface area contributed by atoms with Gasteiger partial charge >= 0.3 is 6.09 Å². The molecule has 2 heterocycles. The lowest BCUT2D eigenvalue weighted by atomic mass is 9.93. The number of nitrogens with zero attached hydrogens (tertiary/aromatic N) is 2. The van der Waals surface area contributed by atoms with Gasteiger partial charge in [0.2, 0.25) is 0 Å². The molecule has 2 aliphatic heterocycles. The normalized spacial score (nSPS) is 20.3. The Balaban J connectivity index is 1.59. The van der Waals surface area contributed by atoms with E-state index in [2.05, 4.69) is 0 Å². The molecule has 6 nitrogen and oxygen atoms in total. The summed E-state index contributed by atoms with van der Waals surface area (Å²) in [5.74, 6) is 0.355. The van der Waals surface area contributed by atoms with E-state index in [-0.39, 0.29) is 12.0 Å². The molecule has 124 valence electrons. The molecule has 1 spiro atoms. The monoisotopic (exact) mass is 338 g/mol. The number of likely N-dealkylation sites (N-methyl/N-ethyl adjacent to an activating group) is 1. The van der Waals surface area contributed by atoms with Crippen molar-refractivity contribution in [2.24, 2.45) is 0 Å². The maximum Gasteiger partial charge on any atom is 0.410 e. The third-order valence-corrected chi connectivity index (χ3v) is 4.46. The summed E-state index contributed by atoms with van der Waals surface area (Å²) in [6, 6.07) is 5.43. The number of ether oxygens (including phenoxy) is 2. The van der Waals surface area contributed by atoms with Crippen molar-refractivity contribution in [3.8, 4) is 5.75 Å². The van der Waals surface area contributed by atoms with Crippen molar-refractivity contribution in [3.63, 3.8) is 0 Å². The molecule has 0 aromatic heterocycles. The number of rotatable bonds is 3. The van der Waals surface area contributed by atoms with Crippen LogP contribution in [0.25, 0.3) is 0 Å². The molecular formula is C16H19ClN2O4. The van der Waals surface area contributed by atoms with Gasteiger partial charge in [-0.05, 0) is 31.5 Å². The Kier molecular flexibility index (Phi) is 3.88. The molecule has 2 saturated heterocycles. The molecule has 2 amide bonds. The quantitative estimate of drug-likeness (QED) is 0.846. The van der Waals surface area contributed by atoms with Crippen molar-refractivity contribution >= 4 is 23.6 Å². The third-order valence-electron chi connectivity index (χ3n) is 4.15. The Morgan fingerprint density at radius 2 is 2.09 bits per heavy atom. The summed E-state index contributed by atoms with van der Waals surface area (Å²) in [6.07, 6.45) is -0.991. The minimum absolute atomic E-state index is 0.140. The van der Waals surface area contributed by atoms with E-state index in [1.54, 1.807) is 31.0 Å². The summed E-state index contributed by atoms with van der Waals surface area (Å²) in [5, 5.41) is 0.474. The van der Waals surface area contributed by atoms with Crippen LogP contribution in [0.2, 0.25) is 5.02 Å². The smallest absolute Gasteiger partial charge is 0.410 e. The maximum atomic E-state index is 12.4. The lowest BCUT2D eigenvalue weighted by Crippen LogP contribution is -2.67. The molecule has 1 atom stereocenters. The molecule has 3 rings (SSSR count). The highest BCUT2D eigenvalue weighted by atomic mass is 35.5. The van der Waals surface area contributed by atoms with Crippen molar-refractivity contribution in [3.05, 3.63) is 28.8 Å². The number of aryl methyl sites for hydroxylation is 1. The number of amides is 2. The Hall–Kier alpha value is -1.95. The summed E-state index contributed by atoms with van der Waals surface area (Å²) in [4.78, 5) is 27.1. The predicted octanol–water partition coefficient (Wildman–Crippen LogP) is 2.08. The fourth-order valence-electron chi connectivity index (χ4n) is 2.96. The van der Waals surface area contributed by atoms with E-state index in [0.29, 0.717) is 30.4 Å². The second-order valence-electron chi connectivity index (χ2n) is 6.30. The highest BCUT2D eigenvalue weighted by Crippen LogP contribution is 2.33. The molecule has 0 saturated carbocycles. The van der Waals surface area contributed by atoms with Gasteiger partial charge in [-0.1, -0.05) is 17.7 Å². The first-order valence-corrected chi connectivity index (χ1v) is 7.83. The lowest BCUT2D eigenvalue weighted by molar-refractivity contribution is -0.156. The van der Waals surface area contributed by atoms with E-state index in [4.69, 9.17) is 21.1 Å². The number of carbonyl (C=O) groups excluding carboxylic acids is 2. The van der Waals surface area contributed by atoms with Crippen LogP contribution in [0.1, 0.15) is 12.5 Å². The average Bonchev–Trinajstić information content (AvgIpc) is 2.76. The maximum absolute atomic E-state index is 12.4. The van der Waals surface area contributed by atoms with Crippen molar-refractivity contribution in [1.82, 2.24) is 9.80 Å². The van der Waals surface area contributed by atoms with Crippen LogP contribution in [0.5, 0.6) is 5.75 Å². The fourth-order valence-corrected chi connectivity index (χ4v) is 3.12. The first kappa shape index (κ1) is 15.9. The minimum Gasteiger partial charge on any atom is -0.479 e. The van der Waals surface area contributed by atoms with Crippen LogP contribution >= 0.6 is 11.6 Å². The van der Waals surface area contributed by atoms with Crippen LogP contribution in [0.15, 0.2) is 18.2 Å². The summed E-state index contributed by atoms with van der Waals surface area (Å²) in [5.41, 5.74) is 0.454. The molecule has 2 aliphatic rings. The fraction of sp³-hybridized carbons (Fsp3) is 0.500. The highest BCUT2D eigenvalue weighted by Gasteiger charge is 2.54. The second kappa shape index (κ2) is 5.60. The standard InChI is InChI=1S/C16H19ClN2O4/c1-10-4-5-12(17)13(6-10)22-11(2)14(20)19-8-16(9-19)7-18(3)15(21)23-16/h4-6,11H,7-9H2,1-3H3. The summed E-state index contributed by atoms with van der Waals surface area (Å²) in [7, 11) is 1.69. The number of carbonyl (C=O) groups is 2. The van der Waals surface area contributed by atoms with Crippen LogP contribution in [0.4, 0.5) is 4.79 Å². The summed E-state index contributed by atoms with van der Waals surface area (Å²) < 4.78 is 11.0. The zero-order chi connectivity index (χ0) is 16.8. The average molecular weight is 339 g/mol. The topological polar surface area (TPSA) is 59.1 Å². The molecule has 1 aromatic carbocycles. The zero-order valence-corrected chi connectivity index (χ0v) is 14.1. The lowest BCUT2D eigenvalue weighted by Gasteiger charge is -2.46. The van der Waals surface area contributed by atoms with E-state index in [1.165, 1.54) is 4.90 Å². The molecule has 1 unspecified atom stereocenters. The molecule has 7 heteroatoms. The van der Waals surface area contributed by atoms with Crippen molar-refractivity contribution in [2.75, 3.05) is 26.7 Å².